The molecule has 0 aliphatic rings. The fourth-order valence-electron chi connectivity index (χ4n) is 3.87. The van der Waals surface area contributed by atoms with Crippen LogP contribution < -0.4 is 27.4 Å². The Labute approximate surface area is 234 Å². The predicted molar refractivity (Wildman–Crippen MR) is 147 cm³/mol. The zero-order chi connectivity index (χ0) is 29.8. The summed E-state index contributed by atoms with van der Waals surface area (Å²) in [4.78, 5) is 76.2. The number of carboxylic acids is 2. The van der Waals surface area contributed by atoms with E-state index in [1.165, 1.54) is 11.8 Å². The van der Waals surface area contributed by atoms with Gasteiger partial charge in [0.15, 0.2) is 0 Å². The average Bonchev–Trinajstić information content (AvgIpc) is 3.30. The fourth-order valence-corrected chi connectivity index (χ4v) is 4.34. The van der Waals surface area contributed by atoms with E-state index < -0.39 is 72.6 Å². The second-order valence-corrected chi connectivity index (χ2v) is 10.1. The zero-order valence-corrected chi connectivity index (χ0v) is 22.7. The molecule has 1 aromatic heterocycles. The van der Waals surface area contributed by atoms with Crippen molar-refractivity contribution in [1.29, 1.82) is 0 Å². The molecule has 0 aliphatic carbocycles. The number of carbonyl (C=O) groups is 6. The summed E-state index contributed by atoms with van der Waals surface area (Å²) in [5.41, 5.74) is 12.4. The Morgan fingerprint density at radius 1 is 0.925 bits per heavy atom. The quantitative estimate of drug-likeness (QED) is 0.114. The number of aromatic amines is 1. The van der Waals surface area contributed by atoms with Gasteiger partial charge in [-0.2, -0.15) is 11.8 Å². The first-order chi connectivity index (χ1) is 18.9. The average molecular weight is 579 g/mol. The normalized spacial score (nSPS) is 13.9. The van der Waals surface area contributed by atoms with Crippen molar-refractivity contribution in [1.82, 2.24) is 20.9 Å². The third-order valence-corrected chi connectivity index (χ3v) is 6.65. The number of nitrogens with one attached hydrogen (secondary N) is 4. The molecular formula is C25H34N6O8S. The summed E-state index contributed by atoms with van der Waals surface area (Å²) in [6.07, 6.45) is 2.30. The number of carboxylic acid groups (broad SMARTS) is 2. The number of aromatic nitrogens is 1. The van der Waals surface area contributed by atoms with Crippen LogP contribution in [0.25, 0.3) is 10.9 Å². The number of hydrogen-bond donors (Lipinski definition) is 8. The summed E-state index contributed by atoms with van der Waals surface area (Å²) in [6.45, 7) is 0. The third kappa shape index (κ3) is 9.89. The zero-order valence-electron chi connectivity index (χ0n) is 21.8. The summed E-state index contributed by atoms with van der Waals surface area (Å²) in [5, 5.41) is 26.4. The van der Waals surface area contributed by atoms with E-state index in [9.17, 15) is 33.9 Å². The molecule has 1 heterocycles. The molecule has 10 N–H and O–H groups in total. The lowest BCUT2D eigenvalue weighted by Crippen LogP contribution is -2.58. The van der Waals surface area contributed by atoms with Crippen LogP contribution >= 0.6 is 11.8 Å². The summed E-state index contributed by atoms with van der Waals surface area (Å²) < 4.78 is 0. The number of nitrogens with two attached hydrogens (primary N) is 2. The molecular weight excluding hydrogens is 544 g/mol. The van der Waals surface area contributed by atoms with Crippen LogP contribution in [0.5, 0.6) is 0 Å². The molecule has 0 saturated carbocycles. The first kappa shape index (κ1) is 32.1. The van der Waals surface area contributed by atoms with Gasteiger partial charge >= 0.3 is 11.9 Å². The number of hydrogen-bond acceptors (Lipinski definition) is 8. The molecule has 218 valence electrons. The molecule has 0 spiro atoms. The van der Waals surface area contributed by atoms with Crippen molar-refractivity contribution in [3.8, 4) is 0 Å². The smallest absolute Gasteiger partial charge is 0.326 e. The lowest BCUT2D eigenvalue weighted by Gasteiger charge is -2.25. The minimum atomic E-state index is -1.52. The van der Waals surface area contributed by atoms with Gasteiger partial charge in [-0.05, 0) is 36.5 Å². The van der Waals surface area contributed by atoms with Gasteiger partial charge < -0.3 is 42.6 Å². The van der Waals surface area contributed by atoms with Crippen LogP contribution in [-0.2, 0) is 35.2 Å². The monoisotopic (exact) mass is 578 g/mol. The largest absolute Gasteiger partial charge is 0.481 e. The van der Waals surface area contributed by atoms with E-state index in [0.717, 1.165) is 10.9 Å². The summed E-state index contributed by atoms with van der Waals surface area (Å²) in [5.74, 6) is -5.48. The van der Waals surface area contributed by atoms with Crippen LogP contribution in [0.2, 0.25) is 0 Å². The molecule has 2 rings (SSSR count). The van der Waals surface area contributed by atoms with Crippen molar-refractivity contribution in [2.24, 2.45) is 11.5 Å². The number of thioether (sulfide) groups is 1. The highest BCUT2D eigenvalue weighted by atomic mass is 32.2. The van der Waals surface area contributed by atoms with Crippen LogP contribution in [0.4, 0.5) is 0 Å². The number of carbonyl (C=O) groups excluding carboxylic acids is 4. The standard InChI is InChI=1S/C25H34N6O8S/c1-40-9-8-17(25(38)39)29-23(36)18(10-13-12-28-16-5-3-2-4-14(13)16)31-24(37)19(11-20(27)32)30-22(35)15(26)6-7-21(33)34/h2-5,12,15,17-19,28H,6-11,26H2,1H3,(H2,27,32)(H,29,36)(H,30,35)(H,31,37)(H,33,34)(H,38,39). The van der Waals surface area contributed by atoms with Crippen molar-refractivity contribution < 1.29 is 39.0 Å². The topological polar surface area (TPSA) is 247 Å². The fraction of sp³-hybridized carbons (Fsp3) is 0.440. The number of primary amides is 1. The molecule has 4 atom stereocenters. The van der Waals surface area contributed by atoms with E-state index in [2.05, 4.69) is 20.9 Å². The van der Waals surface area contributed by atoms with E-state index in [1.54, 1.807) is 18.5 Å². The van der Waals surface area contributed by atoms with Gasteiger partial charge in [0.2, 0.25) is 23.6 Å². The first-order valence-electron chi connectivity index (χ1n) is 12.4. The number of benzene rings is 1. The first-order valence-corrected chi connectivity index (χ1v) is 13.8. The molecule has 0 saturated heterocycles. The maximum absolute atomic E-state index is 13.3. The summed E-state index contributed by atoms with van der Waals surface area (Å²) in [7, 11) is 0. The van der Waals surface area contributed by atoms with Gasteiger partial charge in [0.05, 0.1) is 12.5 Å². The number of aliphatic carboxylic acids is 2. The predicted octanol–water partition coefficient (Wildman–Crippen LogP) is -0.930. The molecule has 4 amide bonds. The van der Waals surface area contributed by atoms with E-state index in [4.69, 9.17) is 16.6 Å². The molecule has 1 aromatic carbocycles. The van der Waals surface area contributed by atoms with E-state index in [1.807, 2.05) is 18.2 Å². The van der Waals surface area contributed by atoms with Gasteiger partial charge in [-0.25, -0.2) is 4.79 Å². The number of rotatable bonds is 17. The van der Waals surface area contributed by atoms with Crippen LogP contribution in [0.1, 0.15) is 31.2 Å². The molecule has 4 unspecified atom stereocenters. The van der Waals surface area contributed by atoms with Crippen molar-refractivity contribution in [2.45, 2.75) is 56.3 Å². The Balaban J connectivity index is 2.29. The van der Waals surface area contributed by atoms with Gasteiger partial charge in [-0.1, -0.05) is 18.2 Å². The molecule has 14 nitrogen and oxygen atoms in total. The molecule has 0 radical (unpaired) electrons. The Morgan fingerprint density at radius 2 is 1.55 bits per heavy atom. The Morgan fingerprint density at radius 3 is 2.17 bits per heavy atom. The molecule has 0 fully saturated rings. The van der Waals surface area contributed by atoms with Gasteiger partial charge in [0.1, 0.15) is 18.1 Å². The van der Waals surface area contributed by atoms with Crippen LogP contribution in [0, 0.1) is 0 Å². The van der Waals surface area contributed by atoms with Crippen molar-refractivity contribution in [3.05, 3.63) is 36.0 Å². The number of para-hydroxylation sites is 1. The van der Waals surface area contributed by atoms with E-state index in [-0.39, 0.29) is 19.3 Å². The van der Waals surface area contributed by atoms with Crippen LogP contribution in [0.15, 0.2) is 30.5 Å². The number of H-pyrrole nitrogens is 1. The lowest BCUT2D eigenvalue weighted by atomic mass is 10.0. The van der Waals surface area contributed by atoms with Gasteiger partial charge in [-0.3, -0.25) is 24.0 Å². The molecule has 15 heteroatoms. The molecule has 0 bridgehead atoms. The number of amides is 4. The highest BCUT2D eigenvalue weighted by Gasteiger charge is 2.31. The maximum Gasteiger partial charge on any atom is 0.326 e. The van der Waals surface area contributed by atoms with Crippen LogP contribution in [0.3, 0.4) is 0 Å². The number of fused-ring (bicyclic) bond motifs is 1. The Kier molecular flexibility index (Phi) is 12.4. The molecule has 2 aromatic rings. The second kappa shape index (κ2) is 15.5. The Hall–Kier alpha value is -4.11. The van der Waals surface area contributed by atoms with Crippen molar-refractivity contribution in [3.63, 3.8) is 0 Å². The minimum Gasteiger partial charge on any atom is -0.481 e. The van der Waals surface area contributed by atoms with Crippen molar-refractivity contribution in [2.75, 3.05) is 12.0 Å². The summed E-state index contributed by atoms with van der Waals surface area (Å²) in [6, 6.07) is 1.93. The third-order valence-electron chi connectivity index (χ3n) is 6.00. The second-order valence-electron chi connectivity index (χ2n) is 9.08. The Bertz CT molecular complexity index is 1230. The van der Waals surface area contributed by atoms with Crippen molar-refractivity contribution >= 4 is 58.2 Å². The van der Waals surface area contributed by atoms with Gasteiger partial charge in [-0.15, -0.1) is 0 Å². The molecule has 40 heavy (non-hydrogen) atoms. The highest BCUT2D eigenvalue weighted by Crippen LogP contribution is 2.19. The lowest BCUT2D eigenvalue weighted by molar-refractivity contribution is -0.142. The SMILES string of the molecule is CSCCC(NC(=O)C(Cc1c[nH]c2ccccc12)NC(=O)C(CC(N)=O)NC(=O)C(N)CCC(=O)O)C(=O)O. The van der Waals surface area contributed by atoms with Crippen LogP contribution in [-0.4, -0.2) is 86.9 Å². The van der Waals surface area contributed by atoms with E-state index >= 15 is 0 Å². The van der Waals surface area contributed by atoms with Gasteiger partial charge in [0.25, 0.3) is 0 Å². The van der Waals surface area contributed by atoms with Gasteiger partial charge in [0, 0.05) is 29.9 Å². The molecule has 0 aliphatic heterocycles. The minimum absolute atomic E-state index is 0.0498. The van der Waals surface area contributed by atoms with E-state index in [0.29, 0.717) is 11.3 Å². The highest BCUT2D eigenvalue weighted by molar-refractivity contribution is 7.98. The maximum atomic E-state index is 13.3. The summed E-state index contributed by atoms with van der Waals surface area (Å²) >= 11 is 1.41.